The summed E-state index contributed by atoms with van der Waals surface area (Å²) in [6.45, 7) is 8.75. The number of hydrogen-bond donors (Lipinski definition) is 2. The SMILES string of the molecule is COCCCN(CC(=O)Nc1cc(C(C)(C)C)nn1-c1ccccc1Cl)C(=O)Nc1ccccc1C. The number of benzene rings is 2. The lowest BCUT2D eigenvalue weighted by Gasteiger charge is -2.23. The largest absolute Gasteiger partial charge is 0.385 e. The third-order valence-corrected chi connectivity index (χ3v) is 5.93. The van der Waals surface area contributed by atoms with Crippen LogP contribution in [0, 0.1) is 6.92 Å². The van der Waals surface area contributed by atoms with Gasteiger partial charge >= 0.3 is 6.03 Å². The van der Waals surface area contributed by atoms with Crippen molar-refractivity contribution in [3.63, 3.8) is 0 Å². The number of carbonyl (C=O) groups excluding carboxylic acids is 2. The van der Waals surface area contributed by atoms with E-state index in [2.05, 4.69) is 10.6 Å². The number of carbonyl (C=O) groups is 2. The van der Waals surface area contributed by atoms with Gasteiger partial charge in [-0.25, -0.2) is 9.48 Å². The molecule has 2 N–H and O–H groups in total. The Bertz CT molecular complexity index is 1200. The Labute approximate surface area is 217 Å². The zero-order valence-electron chi connectivity index (χ0n) is 21.5. The predicted molar refractivity (Wildman–Crippen MR) is 144 cm³/mol. The molecule has 192 valence electrons. The number of rotatable bonds is 9. The van der Waals surface area contributed by atoms with Crippen LogP contribution in [0.3, 0.4) is 0 Å². The second kappa shape index (κ2) is 12.1. The van der Waals surface area contributed by atoms with Crippen molar-refractivity contribution < 1.29 is 14.3 Å². The molecule has 0 aliphatic rings. The number of ether oxygens (including phenoxy) is 1. The molecule has 3 amide bonds. The summed E-state index contributed by atoms with van der Waals surface area (Å²) in [5, 5.41) is 11.1. The Kier molecular flexibility index (Phi) is 9.12. The first-order valence-electron chi connectivity index (χ1n) is 11.9. The van der Waals surface area contributed by atoms with E-state index >= 15 is 0 Å². The van der Waals surface area contributed by atoms with Crippen molar-refractivity contribution in [3.05, 3.63) is 70.9 Å². The molecule has 3 aromatic rings. The molecule has 8 nitrogen and oxygen atoms in total. The Morgan fingerprint density at radius 1 is 1.08 bits per heavy atom. The van der Waals surface area contributed by atoms with Gasteiger partial charge in [0.25, 0.3) is 0 Å². The lowest BCUT2D eigenvalue weighted by Crippen LogP contribution is -2.41. The van der Waals surface area contributed by atoms with E-state index in [1.54, 1.807) is 17.9 Å². The zero-order valence-corrected chi connectivity index (χ0v) is 22.2. The number of halogens is 1. The van der Waals surface area contributed by atoms with Crippen molar-refractivity contribution in [2.24, 2.45) is 0 Å². The van der Waals surface area contributed by atoms with Crippen molar-refractivity contribution >= 4 is 35.0 Å². The van der Waals surface area contributed by atoms with Crippen LogP contribution in [0.1, 0.15) is 38.4 Å². The van der Waals surface area contributed by atoms with E-state index in [9.17, 15) is 9.59 Å². The quantitative estimate of drug-likeness (QED) is 0.364. The van der Waals surface area contributed by atoms with Gasteiger partial charge in [0.2, 0.25) is 5.91 Å². The monoisotopic (exact) mass is 511 g/mol. The highest BCUT2D eigenvalue weighted by atomic mass is 35.5. The van der Waals surface area contributed by atoms with E-state index in [0.29, 0.717) is 41.8 Å². The van der Waals surface area contributed by atoms with Crippen LogP contribution < -0.4 is 10.6 Å². The van der Waals surface area contributed by atoms with Gasteiger partial charge < -0.3 is 20.3 Å². The number of aryl methyl sites for hydroxylation is 1. The van der Waals surface area contributed by atoms with Crippen LogP contribution in [-0.2, 0) is 14.9 Å². The lowest BCUT2D eigenvalue weighted by molar-refractivity contribution is -0.116. The van der Waals surface area contributed by atoms with E-state index in [1.165, 1.54) is 4.90 Å². The van der Waals surface area contributed by atoms with Gasteiger partial charge in [-0.1, -0.05) is 62.7 Å². The van der Waals surface area contributed by atoms with Crippen molar-refractivity contribution in [2.75, 3.05) is 37.4 Å². The number of para-hydroxylation sites is 2. The van der Waals surface area contributed by atoms with Crippen LogP contribution in [-0.4, -0.2) is 53.4 Å². The van der Waals surface area contributed by atoms with E-state index in [4.69, 9.17) is 21.4 Å². The highest BCUT2D eigenvalue weighted by Gasteiger charge is 2.24. The van der Waals surface area contributed by atoms with Gasteiger partial charge in [0.1, 0.15) is 12.4 Å². The zero-order chi connectivity index (χ0) is 26.3. The summed E-state index contributed by atoms with van der Waals surface area (Å²) in [4.78, 5) is 27.7. The fourth-order valence-corrected chi connectivity index (χ4v) is 3.77. The van der Waals surface area contributed by atoms with Gasteiger partial charge in [-0.3, -0.25) is 4.79 Å². The first-order chi connectivity index (χ1) is 17.1. The Morgan fingerprint density at radius 2 is 1.78 bits per heavy atom. The molecule has 0 fully saturated rings. The highest BCUT2D eigenvalue weighted by Crippen LogP contribution is 2.29. The number of urea groups is 1. The van der Waals surface area contributed by atoms with E-state index in [1.807, 2.05) is 76.2 Å². The van der Waals surface area contributed by atoms with E-state index < -0.39 is 0 Å². The minimum Gasteiger partial charge on any atom is -0.385 e. The topological polar surface area (TPSA) is 88.5 Å². The first kappa shape index (κ1) is 27.2. The van der Waals surface area contributed by atoms with Crippen molar-refractivity contribution in [1.82, 2.24) is 14.7 Å². The van der Waals surface area contributed by atoms with Gasteiger partial charge in [-0.2, -0.15) is 5.10 Å². The molecule has 0 unspecified atom stereocenters. The number of amides is 3. The second-order valence-corrected chi connectivity index (χ2v) is 10.00. The maximum Gasteiger partial charge on any atom is 0.322 e. The molecule has 0 bridgehead atoms. The highest BCUT2D eigenvalue weighted by molar-refractivity contribution is 6.32. The van der Waals surface area contributed by atoms with Crippen molar-refractivity contribution in [1.29, 1.82) is 0 Å². The summed E-state index contributed by atoms with van der Waals surface area (Å²) in [7, 11) is 1.60. The van der Waals surface area contributed by atoms with E-state index in [0.717, 1.165) is 11.3 Å². The molecule has 0 spiro atoms. The van der Waals surface area contributed by atoms with Crippen LogP contribution in [0.4, 0.5) is 16.3 Å². The molecular formula is C27H34ClN5O3. The summed E-state index contributed by atoms with van der Waals surface area (Å²) in [6, 6.07) is 16.3. The van der Waals surface area contributed by atoms with Crippen LogP contribution in [0.25, 0.3) is 5.69 Å². The molecule has 3 rings (SSSR count). The fraction of sp³-hybridized carbons (Fsp3) is 0.370. The summed E-state index contributed by atoms with van der Waals surface area (Å²) in [5.74, 6) is 0.134. The molecule has 2 aromatic carbocycles. The third-order valence-electron chi connectivity index (χ3n) is 5.61. The number of hydrogen-bond acceptors (Lipinski definition) is 4. The summed E-state index contributed by atoms with van der Waals surface area (Å²) < 4.78 is 6.77. The van der Waals surface area contributed by atoms with Crippen LogP contribution in [0.5, 0.6) is 0 Å². The number of aromatic nitrogens is 2. The fourth-order valence-electron chi connectivity index (χ4n) is 3.56. The number of nitrogens with zero attached hydrogens (tertiary/aromatic N) is 3. The average molecular weight is 512 g/mol. The molecule has 0 aliphatic carbocycles. The Hall–Kier alpha value is -3.36. The van der Waals surface area contributed by atoms with Crippen molar-refractivity contribution in [3.8, 4) is 5.69 Å². The van der Waals surface area contributed by atoms with Crippen LogP contribution in [0.2, 0.25) is 5.02 Å². The maximum absolute atomic E-state index is 13.2. The number of anilines is 2. The molecule has 1 aromatic heterocycles. The second-order valence-electron chi connectivity index (χ2n) is 9.59. The number of nitrogens with one attached hydrogen (secondary N) is 2. The Balaban J connectivity index is 1.82. The van der Waals surface area contributed by atoms with Crippen LogP contribution in [0.15, 0.2) is 54.6 Å². The lowest BCUT2D eigenvalue weighted by atomic mass is 9.92. The van der Waals surface area contributed by atoms with Gasteiger partial charge in [0.05, 0.1) is 16.4 Å². The Morgan fingerprint density at radius 3 is 2.44 bits per heavy atom. The third kappa shape index (κ3) is 7.08. The summed E-state index contributed by atoms with van der Waals surface area (Å²) in [6.07, 6.45) is 0.594. The van der Waals surface area contributed by atoms with Gasteiger partial charge in [0.15, 0.2) is 0 Å². The van der Waals surface area contributed by atoms with Gasteiger partial charge in [0, 0.05) is 37.4 Å². The molecule has 9 heteroatoms. The first-order valence-corrected chi connectivity index (χ1v) is 12.2. The molecular weight excluding hydrogens is 478 g/mol. The number of methoxy groups -OCH3 is 1. The van der Waals surface area contributed by atoms with E-state index in [-0.39, 0.29) is 23.9 Å². The predicted octanol–water partition coefficient (Wildman–Crippen LogP) is 5.64. The van der Waals surface area contributed by atoms with Gasteiger partial charge in [-0.15, -0.1) is 0 Å². The molecule has 0 aliphatic heterocycles. The molecule has 0 saturated carbocycles. The molecule has 0 saturated heterocycles. The summed E-state index contributed by atoms with van der Waals surface area (Å²) in [5.41, 5.74) is 2.84. The molecule has 36 heavy (non-hydrogen) atoms. The summed E-state index contributed by atoms with van der Waals surface area (Å²) >= 11 is 6.43. The normalized spacial score (nSPS) is 11.3. The van der Waals surface area contributed by atoms with Gasteiger partial charge in [-0.05, 0) is 37.1 Å². The molecule has 0 radical (unpaired) electrons. The molecule has 0 atom stereocenters. The van der Waals surface area contributed by atoms with Crippen LogP contribution >= 0.6 is 11.6 Å². The minimum atomic E-state index is -0.356. The average Bonchev–Trinajstić information content (AvgIpc) is 3.24. The minimum absolute atomic E-state index is 0.139. The maximum atomic E-state index is 13.2. The molecule has 1 heterocycles. The standard InChI is InChI=1S/C27H34ClN5O3/c1-19-11-6-8-13-21(19)29-26(35)32(15-10-16-36-5)18-25(34)30-24-17-23(27(2,3)4)31-33(24)22-14-9-7-12-20(22)28/h6-9,11-14,17H,10,15-16,18H2,1-5H3,(H,29,35)(H,30,34). The smallest absolute Gasteiger partial charge is 0.322 e. The van der Waals surface area contributed by atoms with Crippen molar-refractivity contribution in [2.45, 2.75) is 39.5 Å².